The summed E-state index contributed by atoms with van der Waals surface area (Å²) in [6, 6.07) is 8.86. The third-order valence-corrected chi connectivity index (χ3v) is 3.78. The average molecular weight is 241 g/mol. The van der Waals surface area contributed by atoms with Gasteiger partial charge in [0.05, 0.1) is 0 Å². The highest BCUT2D eigenvalue weighted by Crippen LogP contribution is 2.20. The van der Waals surface area contributed by atoms with Crippen LogP contribution in [0.4, 0.5) is 5.69 Å². The summed E-state index contributed by atoms with van der Waals surface area (Å²) in [5, 5.41) is 3.66. The van der Waals surface area contributed by atoms with Gasteiger partial charge in [0.25, 0.3) is 0 Å². The van der Waals surface area contributed by atoms with Gasteiger partial charge in [-0.05, 0) is 37.1 Å². The Morgan fingerprint density at radius 3 is 2.00 bits per heavy atom. The summed E-state index contributed by atoms with van der Waals surface area (Å²) in [7, 11) is 0. The van der Waals surface area contributed by atoms with Crippen molar-refractivity contribution in [2.75, 3.05) is 5.32 Å². The van der Waals surface area contributed by atoms with Crippen LogP contribution in [0.1, 0.15) is 56.9 Å². The fraction of sp³-hybridized carbons (Fsp3) is 0.529. The van der Waals surface area contributed by atoms with Gasteiger partial charge in [-0.1, -0.05) is 44.4 Å². The molecule has 0 bridgehead atoms. The van der Waals surface area contributed by atoms with Gasteiger partial charge < -0.3 is 5.32 Å². The smallest absolute Gasteiger partial charge is 0.0343 e. The molecule has 0 spiro atoms. The lowest BCUT2D eigenvalue weighted by molar-refractivity contribution is 0.563. The topological polar surface area (TPSA) is 12.0 Å². The first kappa shape index (κ1) is 13.0. The molecule has 1 aromatic rings. The lowest BCUT2D eigenvalue weighted by atomic mass is 10.0. The van der Waals surface area contributed by atoms with E-state index in [0.29, 0.717) is 6.04 Å². The monoisotopic (exact) mass is 241 g/mol. The molecule has 1 nitrogen and oxygen atoms in total. The minimum absolute atomic E-state index is 0.639. The third kappa shape index (κ3) is 4.11. The molecule has 0 aliphatic heterocycles. The first-order chi connectivity index (χ1) is 8.88. The van der Waals surface area contributed by atoms with Gasteiger partial charge >= 0.3 is 0 Å². The third-order valence-electron chi connectivity index (χ3n) is 3.78. The van der Waals surface area contributed by atoms with Gasteiger partial charge in [0.15, 0.2) is 0 Å². The van der Waals surface area contributed by atoms with E-state index in [1.54, 1.807) is 0 Å². The van der Waals surface area contributed by atoms with Crippen molar-refractivity contribution in [1.29, 1.82) is 0 Å². The summed E-state index contributed by atoms with van der Waals surface area (Å²) in [5.74, 6) is 2.66. The Balaban J connectivity index is 1.91. The van der Waals surface area contributed by atoms with Gasteiger partial charge in [-0.3, -0.25) is 0 Å². The van der Waals surface area contributed by atoms with E-state index in [2.05, 4.69) is 23.4 Å². The van der Waals surface area contributed by atoms with Gasteiger partial charge in [-0.2, -0.15) is 0 Å². The van der Waals surface area contributed by atoms with E-state index in [4.69, 9.17) is 6.42 Å². The number of nitrogens with one attached hydrogen (secondary N) is 1. The van der Waals surface area contributed by atoms with Gasteiger partial charge in [0.2, 0.25) is 0 Å². The molecule has 1 aromatic carbocycles. The van der Waals surface area contributed by atoms with Crippen LogP contribution in [0.25, 0.3) is 0 Å². The van der Waals surface area contributed by atoms with Crippen LogP contribution in [0.5, 0.6) is 0 Å². The molecule has 18 heavy (non-hydrogen) atoms. The first-order valence-electron chi connectivity index (χ1n) is 7.22. The molecule has 1 fully saturated rings. The SMILES string of the molecule is C#Cc1ccc(NC2CCCCCCCC2)cc1. The summed E-state index contributed by atoms with van der Waals surface area (Å²) in [6.07, 6.45) is 16.3. The van der Waals surface area contributed by atoms with Crippen molar-refractivity contribution in [1.82, 2.24) is 0 Å². The molecule has 0 saturated heterocycles. The second-order valence-electron chi connectivity index (χ2n) is 5.26. The van der Waals surface area contributed by atoms with E-state index in [1.165, 1.54) is 57.1 Å². The van der Waals surface area contributed by atoms with E-state index >= 15 is 0 Å². The van der Waals surface area contributed by atoms with Gasteiger partial charge in [0.1, 0.15) is 0 Å². The standard InChI is InChI=1S/C17H23N/c1-2-15-11-13-17(14-12-15)18-16-9-7-5-3-4-6-8-10-16/h1,11-14,16,18H,3-10H2. The molecule has 0 heterocycles. The van der Waals surface area contributed by atoms with Crippen molar-refractivity contribution in [2.45, 2.75) is 57.4 Å². The van der Waals surface area contributed by atoms with Crippen LogP contribution in [-0.4, -0.2) is 6.04 Å². The summed E-state index contributed by atoms with van der Waals surface area (Å²) in [4.78, 5) is 0. The van der Waals surface area contributed by atoms with E-state index in [1.807, 2.05) is 12.1 Å². The summed E-state index contributed by atoms with van der Waals surface area (Å²) in [6.45, 7) is 0. The molecule has 1 N–H and O–H groups in total. The van der Waals surface area contributed by atoms with Crippen LogP contribution >= 0.6 is 0 Å². The van der Waals surface area contributed by atoms with Crippen LogP contribution < -0.4 is 5.32 Å². The second-order valence-corrected chi connectivity index (χ2v) is 5.26. The molecule has 96 valence electrons. The van der Waals surface area contributed by atoms with Crippen LogP contribution in [0.15, 0.2) is 24.3 Å². The van der Waals surface area contributed by atoms with E-state index in [0.717, 1.165) is 5.56 Å². The van der Waals surface area contributed by atoms with Crippen LogP contribution in [0.2, 0.25) is 0 Å². The molecular formula is C17H23N. The number of benzene rings is 1. The van der Waals surface area contributed by atoms with Crippen molar-refractivity contribution in [3.63, 3.8) is 0 Å². The quantitative estimate of drug-likeness (QED) is 0.747. The minimum Gasteiger partial charge on any atom is -0.382 e. The Bertz CT molecular complexity index is 375. The van der Waals surface area contributed by atoms with Crippen molar-refractivity contribution >= 4 is 5.69 Å². The maximum atomic E-state index is 5.37. The van der Waals surface area contributed by atoms with E-state index in [9.17, 15) is 0 Å². The molecule has 0 aromatic heterocycles. The number of rotatable bonds is 2. The minimum atomic E-state index is 0.639. The Labute approximate surface area is 111 Å². The van der Waals surface area contributed by atoms with Crippen LogP contribution in [0.3, 0.4) is 0 Å². The molecule has 0 amide bonds. The molecule has 1 aliphatic rings. The molecule has 1 saturated carbocycles. The maximum Gasteiger partial charge on any atom is 0.0343 e. The molecular weight excluding hydrogens is 218 g/mol. The number of anilines is 1. The Hall–Kier alpha value is -1.42. The van der Waals surface area contributed by atoms with Crippen LogP contribution in [0, 0.1) is 12.3 Å². The molecule has 1 aliphatic carbocycles. The maximum absolute atomic E-state index is 5.37. The predicted molar refractivity (Wildman–Crippen MR) is 78.7 cm³/mol. The zero-order chi connectivity index (χ0) is 12.6. The fourth-order valence-corrected chi connectivity index (χ4v) is 2.68. The van der Waals surface area contributed by atoms with E-state index < -0.39 is 0 Å². The zero-order valence-corrected chi connectivity index (χ0v) is 11.1. The van der Waals surface area contributed by atoms with E-state index in [-0.39, 0.29) is 0 Å². The number of hydrogen-bond donors (Lipinski definition) is 1. The summed E-state index contributed by atoms with van der Waals surface area (Å²) in [5.41, 5.74) is 2.16. The van der Waals surface area contributed by atoms with Gasteiger partial charge in [0, 0.05) is 17.3 Å². The highest BCUT2D eigenvalue weighted by atomic mass is 14.9. The Kier molecular flexibility index (Phi) is 5.15. The van der Waals surface area contributed by atoms with Crippen molar-refractivity contribution in [3.05, 3.63) is 29.8 Å². The fourth-order valence-electron chi connectivity index (χ4n) is 2.68. The molecule has 0 atom stereocenters. The molecule has 1 heteroatoms. The second kappa shape index (κ2) is 7.11. The zero-order valence-electron chi connectivity index (χ0n) is 11.1. The van der Waals surface area contributed by atoms with Crippen molar-refractivity contribution in [2.24, 2.45) is 0 Å². The van der Waals surface area contributed by atoms with Crippen LogP contribution in [-0.2, 0) is 0 Å². The Morgan fingerprint density at radius 1 is 0.889 bits per heavy atom. The lowest BCUT2D eigenvalue weighted by Crippen LogP contribution is -2.19. The summed E-state index contributed by atoms with van der Waals surface area (Å²) >= 11 is 0. The Morgan fingerprint density at radius 2 is 1.44 bits per heavy atom. The first-order valence-corrected chi connectivity index (χ1v) is 7.22. The van der Waals surface area contributed by atoms with Crippen molar-refractivity contribution in [3.8, 4) is 12.3 Å². The predicted octanol–water partition coefficient (Wildman–Crippen LogP) is 4.58. The number of terminal acetylenes is 1. The molecule has 2 rings (SSSR count). The highest BCUT2D eigenvalue weighted by molar-refractivity contribution is 5.48. The van der Waals surface area contributed by atoms with Gasteiger partial charge in [-0.15, -0.1) is 6.42 Å². The average Bonchev–Trinajstić information content (AvgIpc) is 2.54. The van der Waals surface area contributed by atoms with Crippen molar-refractivity contribution < 1.29 is 0 Å². The lowest BCUT2D eigenvalue weighted by Gasteiger charge is -2.19. The summed E-state index contributed by atoms with van der Waals surface area (Å²) < 4.78 is 0. The normalized spacial score (nSPS) is 18.2. The molecule has 0 unspecified atom stereocenters. The molecule has 0 radical (unpaired) electrons. The largest absolute Gasteiger partial charge is 0.382 e. The van der Waals surface area contributed by atoms with Gasteiger partial charge in [-0.25, -0.2) is 0 Å². The number of hydrogen-bond acceptors (Lipinski definition) is 1. The highest BCUT2D eigenvalue weighted by Gasteiger charge is 2.10.